The van der Waals surface area contributed by atoms with Gasteiger partial charge in [-0.15, -0.1) is 0 Å². The predicted molar refractivity (Wildman–Crippen MR) is 130 cm³/mol. The number of ether oxygens (including phenoxy) is 1. The van der Waals surface area contributed by atoms with Gasteiger partial charge in [-0.1, -0.05) is 84.4 Å². The molecule has 1 saturated carbocycles. The molecule has 3 heteroatoms. The maximum Gasteiger partial charge on any atom is 0.314 e. The molecule has 0 amide bonds. The average Bonchev–Trinajstić information content (AvgIpc) is 3.26. The summed E-state index contributed by atoms with van der Waals surface area (Å²) >= 11 is 0. The SMILES string of the molecule is COC(=O)C12CN(Cc3ccccc3)CC1[C@@]1(c3ccc(C)cc3)CC[C@H]2c2ccccc21. The molecule has 1 aliphatic heterocycles. The van der Waals surface area contributed by atoms with Crippen LogP contribution in [0, 0.1) is 18.3 Å². The van der Waals surface area contributed by atoms with Crippen molar-refractivity contribution in [1.82, 2.24) is 4.90 Å². The average molecular weight is 438 g/mol. The number of carbonyl (C=O) groups excluding carboxylic acids is 1. The first-order valence-corrected chi connectivity index (χ1v) is 12.1. The molecule has 7 rings (SSSR count). The molecular formula is C30H31NO2. The maximum absolute atomic E-state index is 13.7. The van der Waals surface area contributed by atoms with Gasteiger partial charge in [-0.05, 0) is 42.0 Å². The molecule has 0 spiro atoms. The number of carbonyl (C=O) groups is 1. The molecule has 3 aromatic carbocycles. The summed E-state index contributed by atoms with van der Waals surface area (Å²) in [4.78, 5) is 16.3. The van der Waals surface area contributed by atoms with Crippen LogP contribution in [0.15, 0.2) is 78.9 Å². The summed E-state index contributed by atoms with van der Waals surface area (Å²) in [7, 11) is 1.57. The molecule has 168 valence electrons. The zero-order valence-corrected chi connectivity index (χ0v) is 19.5. The molecule has 2 bridgehead atoms. The summed E-state index contributed by atoms with van der Waals surface area (Å²) in [6, 6.07) is 28.6. The molecule has 33 heavy (non-hydrogen) atoms. The molecule has 0 aromatic heterocycles. The van der Waals surface area contributed by atoms with Gasteiger partial charge >= 0.3 is 5.97 Å². The molecule has 3 nitrogen and oxygen atoms in total. The normalized spacial score (nSPS) is 30.0. The van der Waals surface area contributed by atoms with Crippen molar-refractivity contribution < 1.29 is 9.53 Å². The number of rotatable bonds is 4. The lowest BCUT2D eigenvalue weighted by molar-refractivity contribution is -0.161. The highest BCUT2D eigenvalue weighted by Gasteiger charge is 2.70. The van der Waals surface area contributed by atoms with E-state index in [1.807, 2.05) is 0 Å². The molecule has 3 aliphatic carbocycles. The Hall–Kier alpha value is -2.91. The van der Waals surface area contributed by atoms with E-state index in [-0.39, 0.29) is 23.2 Å². The van der Waals surface area contributed by atoms with Crippen LogP contribution < -0.4 is 0 Å². The first kappa shape index (κ1) is 20.7. The Balaban J connectivity index is 1.55. The second-order valence-corrected chi connectivity index (χ2v) is 10.3. The van der Waals surface area contributed by atoms with Crippen LogP contribution in [0.3, 0.4) is 0 Å². The van der Waals surface area contributed by atoms with Gasteiger partial charge in [-0.3, -0.25) is 9.69 Å². The molecule has 0 radical (unpaired) electrons. The molecule has 4 atom stereocenters. The molecule has 1 saturated heterocycles. The van der Waals surface area contributed by atoms with E-state index in [9.17, 15) is 4.79 Å². The standard InChI is InChI=1S/C30H31NO2/c1-21-12-14-23(15-13-21)29-17-16-26(24-10-6-7-11-25(24)29)30(28(32)33-2)20-31(19-27(29)30)18-22-8-4-3-5-9-22/h3-15,26-27H,16-20H2,1-2H3/t26-,27?,29+,30?/m0/s1. The lowest BCUT2D eigenvalue weighted by atomic mass is 9.42. The number of benzene rings is 3. The third-order valence-electron chi connectivity index (χ3n) is 8.79. The summed E-state index contributed by atoms with van der Waals surface area (Å²) < 4.78 is 5.59. The molecule has 3 aromatic rings. The Labute approximate surface area is 196 Å². The molecule has 4 aliphatic rings. The number of fused-ring (bicyclic) bond motifs is 1. The molecular weight excluding hydrogens is 406 g/mol. The van der Waals surface area contributed by atoms with Crippen LogP contribution in [0.5, 0.6) is 0 Å². The summed E-state index contributed by atoms with van der Waals surface area (Å²) in [6.07, 6.45) is 2.11. The number of hydrogen-bond acceptors (Lipinski definition) is 3. The highest BCUT2D eigenvalue weighted by atomic mass is 16.5. The molecule has 2 unspecified atom stereocenters. The van der Waals surface area contributed by atoms with Crippen molar-refractivity contribution in [3.05, 3.63) is 107 Å². The Kier molecular flexibility index (Phi) is 4.74. The van der Waals surface area contributed by atoms with E-state index in [0.29, 0.717) is 0 Å². The van der Waals surface area contributed by atoms with E-state index in [0.717, 1.165) is 32.5 Å². The third-order valence-corrected chi connectivity index (χ3v) is 8.79. The minimum atomic E-state index is -0.513. The van der Waals surface area contributed by atoms with E-state index in [1.54, 1.807) is 7.11 Å². The fourth-order valence-corrected chi connectivity index (χ4v) is 7.53. The number of methoxy groups -OCH3 is 1. The van der Waals surface area contributed by atoms with Gasteiger partial charge in [0.25, 0.3) is 0 Å². The monoisotopic (exact) mass is 437 g/mol. The second-order valence-electron chi connectivity index (χ2n) is 10.3. The van der Waals surface area contributed by atoms with Crippen LogP contribution in [-0.4, -0.2) is 31.1 Å². The highest BCUT2D eigenvalue weighted by Crippen LogP contribution is 2.69. The van der Waals surface area contributed by atoms with Crippen LogP contribution in [0.1, 0.15) is 46.6 Å². The number of likely N-dealkylation sites (tertiary alicyclic amines) is 1. The van der Waals surface area contributed by atoms with Gasteiger partial charge in [0.05, 0.1) is 12.5 Å². The Morgan fingerprint density at radius 2 is 1.73 bits per heavy atom. The first-order chi connectivity index (χ1) is 16.1. The summed E-state index contributed by atoms with van der Waals surface area (Å²) in [5.41, 5.74) is 6.01. The first-order valence-electron chi connectivity index (χ1n) is 12.1. The van der Waals surface area contributed by atoms with Gasteiger partial charge in [0.2, 0.25) is 0 Å². The topological polar surface area (TPSA) is 29.5 Å². The van der Waals surface area contributed by atoms with Crippen LogP contribution in [-0.2, 0) is 21.5 Å². The van der Waals surface area contributed by atoms with E-state index in [1.165, 1.54) is 27.8 Å². The van der Waals surface area contributed by atoms with Crippen molar-refractivity contribution in [2.24, 2.45) is 11.3 Å². The van der Waals surface area contributed by atoms with Crippen molar-refractivity contribution in [3.63, 3.8) is 0 Å². The van der Waals surface area contributed by atoms with Crippen LogP contribution in [0.25, 0.3) is 0 Å². The van der Waals surface area contributed by atoms with Crippen molar-refractivity contribution in [3.8, 4) is 0 Å². The molecule has 0 N–H and O–H groups in total. The second kappa shape index (κ2) is 7.56. The van der Waals surface area contributed by atoms with E-state index >= 15 is 0 Å². The van der Waals surface area contributed by atoms with Crippen molar-refractivity contribution in [2.75, 3.05) is 20.2 Å². The van der Waals surface area contributed by atoms with E-state index in [4.69, 9.17) is 4.74 Å². The minimum Gasteiger partial charge on any atom is -0.469 e. The van der Waals surface area contributed by atoms with Crippen molar-refractivity contribution >= 4 is 5.97 Å². The number of hydrogen-bond donors (Lipinski definition) is 0. The lowest BCUT2D eigenvalue weighted by Crippen LogP contribution is -2.60. The van der Waals surface area contributed by atoms with Crippen LogP contribution in [0.4, 0.5) is 0 Å². The largest absolute Gasteiger partial charge is 0.469 e. The van der Waals surface area contributed by atoms with Crippen molar-refractivity contribution in [2.45, 2.75) is 37.6 Å². The Morgan fingerprint density at radius 3 is 2.48 bits per heavy atom. The Bertz CT molecular complexity index is 1190. The van der Waals surface area contributed by atoms with Gasteiger partial charge in [-0.25, -0.2) is 0 Å². The lowest BCUT2D eigenvalue weighted by Gasteiger charge is -2.59. The van der Waals surface area contributed by atoms with Gasteiger partial charge in [0, 0.05) is 36.9 Å². The van der Waals surface area contributed by atoms with Gasteiger partial charge in [0.1, 0.15) is 0 Å². The van der Waals surface area contributed by atoms with Gasteiger partial charge in [-0.2, -0.15) is 0 Å². The fraction of sp³-hybridized carbons (Fsp3) is 0.367. The van der Waals surface area contributed by atoms with E-state index < -0.39 is 5.41 Å². The number of nitrogens with zero attached hydrogens (tertiary/aromatic N) is 1. The fourth-order valence-electron chi connectivity index (χ4n) is 7.53. The zero-order chi connectivity index (χ0) is 22.6. The number of esters is 1. The third kappa shape index (κ3) is 2.81. The molecule has 1 heterocycles. The molecule has 2 fully saturated rings. The summed E-state index contributed by atoms with van der Waals surface area (Å²) in [5.74, 6) is 0.371. The van der Waals surface area contributed by atoms with Crippen LogP contribution >= 0.6 is 0 Å². The number of aryl methyl sites for hydroxylation is 1. The van der Waals surface area contributed by atoms with Gasteiger partial charge < -0.3 is 4.74 Å². The minimum absolute atomic E-state index is 0.0289. The van der Waals surface area contributed by atoms with Crippen LogP contribution in [0.2, 0.25) is 0 Å². The smallest absolute Gasteiger partial charge is 0.314 e. The van der Waals surface area contributed by atoms with Gasteiger partial charge in [0.15, 0.2) is 0 Å². The summed E-state index contributed by atoms with van der Waals surface area (Å²) in [5, 5.41) is 0. The highest BCUT2D eigenvalue weighted by molar-refractivity contribution is 5.82. The maximum atomic E-state index is 13.7. The van der Waals surface area contributed by atoms with E-state index in [2.05, 4.69) is 90.7 Å². The summed E-state index contributed by atoms with van der Waals surface area (Å²) in [6.45, 7) is 4.67. The predicted octanol–water partition coefficient (Wildman–Crippen LogP) is 5.46. The Morgan fingerprint density at radius 1 is 1.00 bits per heavy atom. The quantitative estimate of drug-likeness (QED) is 0.508. The zero-order valence-electron chi connectivity index (χ0n) is 19.5. The van der Waals surface area contributed by atoms with Crippen molar-refractivity contribution in [1.29, 1.82) is 0 Å².